The highest BCUT2D eigenvalue weighted by Gasteiger charge is 2.14. The number of rotatable bonds is 1. The van der Waals surface area contributed by atoms with Gasteiger partial charge >= 0.3 is 0 Å². The van der Waals surface area contributed by atoms with E-state index in [2.05, 4.69) is 40.3 Å². The van der Waals surface area contributed by atoms with Crippen LogP contribution in [0.4, 0.5) is 5.69 Å². The highest BCUT2D eigenvalue weighted by molar-refractivity contribution is 5.76. The van der Waals surface area contributed by atoms with Gasteiger partial charge in [-0.15, -0.1) is 0 Å². The smallest absolute Gasteiger partial charge is 0.161 e. The Morgan fingerprint density at radius 1 is 1.11 bits per heavy atom. The second-order valence-electron chi connectivity index (χ2n) is 4.97. The van der Waals surface area contributed by atoms with Crippen molar-refractivity contribution in [1.82, 2.24) is 9.38 Å². The van der Waals surface area contributed by atoms with Crippen molar-refractivity contribution >= 4 is 11.3 Å². The van der Waals surface area contributed by atoms with Crippen LogP contribution in [0.3, 0.4) is 0 Å². The van der Waals surface area contributed by atoms with E-state index in [1.807, 2.05) is 18.2 Å². The van der Waals surface area contributed by atoms with Gasteiger partial charge in [0.05, 0.1) is 11.4 Å². The van der Waals surface area contributed by atoms with E-state index in [1.165, 1.54) is 17.7 Å². The third-order valence-corrected chi connectivity index (χ3v) is 3.71. The van der Waals surface area contributed by atoms with Gasteiger partial charge in [0.1, 0.15) is 0 Å². The number of hydrogen-bond donors (Lipinski definition) is 1. The van der Waals surface area contributed by atoms with Gasteiger partial charge in [-0.2, -0.15) is 0 Å². The molecule has 3 aromatic rings. The quantitative estimate of drug-likeness (QED) is 0.716. The van der Waals surface area contributed by atoms with Crippen molar-refractivity contribution in [3.8, 4) is 11.3 Å². The van der Waals surface area contributed by atoms with E-state index in [4.69, 9.17) is 4.98 Å². The third kappa shape index (κ3) is 1.70. The maximum atomic E-state index is 4.80. The molecule has 3 heterocycles. The predicted molar refractivity (Wildman–Crippen MR) is 77.4 cm³/mol. The van der Waals surface area contributed by atoms with Crippen LogP contribution in [-0.2, 0) is 6.42 Å². The molecule has 0 fully saturated rings. The average Bonchev–Trinajstić information content (AvgIpc) is 2.93. The summed E-state index contributed by atoms with van der Waals surface area (Å²) in [5, 5.41) is 3.49. The standard InChI is InChI=1S/C16H15N3/c1-2-5-12(6-3-1)14-11-19-10-8-13-7-4-9-17-15(13)16(19)18-14/h1-3,5-6,8,10-11,17H,4,7,9H2. The number of imidazole rings is 1. The van der Waals surface area contributed by atoms with Gasteiger partial charge in [0.25, 0.3) is 0 Å². The van der Waals surface area contributed by atoms with Crippen molar-refractivity contribution < 1.29 is 0 Å². The van der Waals surface area contributed by atoms with Crippen molar-refractivity contribution in [3.63, 3.8) is 0 Å². The molecule has 0 saturated heterocycles. The summed E-state index contributed by atoms with van der Waals surface area (Å²) in [6.45, 7) is 1.04. The predicted octanol–water partition coefficient (Wildman–Crippen LogP) is 3.36. The van der Waals surface area contributed by atoms with Crippen LogP contribution in [0, 0.1) is 0 Å². The lowest BCUT2D eigenvalue weighted by molar-refractivity contribution is 0.827. The molecule has 1 N–H and O–H groups in total. The Morgan fingerprint density at radius 3 is 2.89 bits per heavy atom. The maximum Gasteiger partial charge on any atom is 0.161 e. The summed E-state index contributed by atoms with van der Waals surface area (Å²) < 4.78 is 2.11. The normalized spacial score (nSPS) is 14.1. The Morgan fingerprint density at radius 2 is 2.00 bits per heavy atom. The fourth-order valence-electron chi connectivity index (χ4n) is 2.73. The number of hydrogen-bond acceptors (Lipinski definition) is 2. The number of fused-ring (bicyclic) bond motifs is 3. The van der Waals surface area contributed by atoms with Gasteiger partial charge in [-0.05, 0) is 24.5 Å². The van der Waals surface area contributed by atoms with Gasteiger partial charge in [0.2, 0.25) is 0 Å². The Labute approximate surface area is 111 Å². The SMILES string of the molecule is c1ccc(-c2cn3ccc4c(c3n2)NCCC4)cc1. The zero-order chi connectivity index (χ0) is 12.7. The van der Waals surface area contributed by atoms with E-state index >= 15 is 0 Å². The fourth-order valence-corrected chi connectivity index (χ4v) is 2.73. The summed E-state index contributed by atoms with van der Waals surface area (Å²) in [6, 6.07) is 12.5. The third-order valence-electron chi connectivity index (χ3n) is 3.71. The lowest BCUT2D eigenvalue weighted by atomic mass is 10.1. The number of aryl methyl sites for hydroxylation is 1. The molecular formula is C16H15N3. The Hall–Kier alpha value is -2.29. The van der Waals surface area contributed by atoms with Crippen molar-refractivity contribution in [2.45, 2.75) is 12.8 Å². The molecule has 0 unspecified atom stereocenters. The second-order valence-corrected chi connectivity index (χ2v) is 4.97. The van der Waals surface area contributed by atoms with Gasteiger partial charge in [0.15, 0.2) is 5.65 Å². The van der Waals surface area contributed by atoms with Crippen LogP contribution < -0.4 is 5.32 Å². The zero-order valence-corrected chi connectivity index (χ0v) is 10.6. The van der Waals surface area contributed by atoms with Crippen molar-refractivity contribution in [1.29, 1.82) is 0 Å². The maximum absolute atomic E-state index is 4.80. The molecular weight excluding hydrogens is 234 g/mol. The monoisotopic (exact) mass is 249 g/mol. The van der Waals surface area contributed by atoms with Crippen LogP contribution in [-0.4, -0.2) is 15.9 Å². The van der Waals surface area contributed by atoms with Crippen LogP contribution in [0.5, 0.6) is 0 Å². The highest BCUT2D eigenvalue weighted by atomic mass is 15.0. The number of aromatic nitrogens is 2. The van der Waals surface area contributed by atoms with Crippen LogP contribution in [0.25, 0.3) is 16.9 Å². The van der Waals surface area contributed by atoms with Crippen LogP contribution >= 0.6 is 0 Å². The van der Waals surface area contributed by atoms with Crippen LogP contribution in [0.15, 0.2) is 48.8 Å². The Bertz CT molecular complexity index is 728. The molecule has 1 aliphatic rings. The molecule has 1 aromatic carbocycles. The molecule has 0 atom stereocenters. The molecule has 3 heteroatoms. The highest BCUT2D eigenvalue weighted by Crippen LogP contribution is 2.28. The topological polar surface area (TPSA) is 29.3 Å². The molecule has 0 amide bonds. The van der Waals surface area contributed by atoms with E-state index < -0.39 is 0 Å². The molecule has 0 bridgehead atoms. The van der Waals surface area contributed by atoms with Gasteiger partial charge in [0, 0.05) is 24.5 Å². The summed E-state index contributed by atoms with van der Waals surface area (Å²) in [6.07, 6.45) is 6.56. The van der Waals surface area contributed by atoms with Gasteiger partial charge in [-0.3, -0.25) is 0 Å². The van der Waals surface area contributed by atoms with E-state index in [0.717, 1.165) is 29.9 Å². The molecule has 94 valence electrons. The molecule has 0 radical (unpaired) electrons. The molecule has 4 rings (SSSR count). The first-order valence-electron chi connectivity index (χ1n) is 6.72. The van der Waals surface area contributed by atoms with Crippen molar-refractivity contribution in [2.24, 2.45) is 0 Å². The number of nitrogens with one attached hydrogen (secondary N) is 1. The molecule has 0 spiro atoms. The van der Waals surface area contributed by atoms with E-state index in [0.29, 0.717) is 0 Å². The van der Waals surface area contributed by atoms with Crippen molar-refractivity contribution in [3.05, 3.63) is 54.4 Å². The number of anilines is 1. The van der Waals surface area contributed by atoms with E-state index in [1.54, 1.807) is 0 Å². The molecule has 3 nitrogen and oxygen atoms in total. The first-order chi connectivity index (χ1) is 9.42. The van der Waals surface area contributed by atoms with E-state index in [9.17, 15) is 0 Å². The Kier molecular flexibility index (Phi) is 2.30. The molecule has 19 heavy (non-hydrogen) atoms. The summed E-state index contributed by atoms with van der Waals surface area (Å²) in [5.74, 6) is 0. The first kappa shape index (κ1) is 10.6. The largest absolute Gasteiger partial charge is 0.382 e. The molecule has 0 aliphatic carbocycles. The lowest BCUT2D eigenvalue weighted by Crippen LogP contribution is -2.12. The minimum absolute atomic E-state index is 1.03. The molecule has 1 aliphatic heterocycles. The average molecular weight is 249 g/mol. The van der Waals surface area contributed by atoms with Gasteiger partial charge in [-0.1, -0.05) is 30.3 Å². The second kappa shape index (κ2) is 4.12. The number of nitrogens with zero attached hydrogens (tertiary/aromatic N) is 2. The van der Waals surface area contributed by atoms with E-state index in [-0.39, 0.29) is 0 Å². The minimum atomic E-state index is 1.03. The Balaban J connectivity index is 1.92. The zero-order valence-electron chi connectivity index (χ0n) is 10.6. The van der Waals surface area contributed by atoms with Gasteiger partial charge < -0.3 is 9.72 Å². The number of pyridine rings is 1. The summed E-state index contributed by atoms with van der Waals surface area (Å²) in [7, 11) is 0. The summed E-state index contributed by atoms with van der Waals surface area (Å²) >= 11 is 0. The lowest BCUT2D eigenvalue weighted by Gasteiger charge is -2.17. The van der Waals surface area contributed by atoms with Gasteiger partial charge in [-0.25, -0.2) is 4.98 Å². The van der Waals surface area contributed by atoms with Crippen LogP contribution in [0.2, 0.25) is 0 Å². The van der Waals surface area contributed by atoms with Crippen LogP contribution in [0.1, 0.15) is 12.0 Å². The summed E-state index contributed by atoms with van der Waals surface area (Å²) in [4.78, 5) is 4.80. The summed E-state index contributed by atoms with van der Waals surface area (Å²) in [5.41, 5.74) is 5.81. The van der Waals surface area contributed by atoms with Crippen molar-refractivity contribution in [2.75, 3.05) is 11.9 Å². The fraction of sp³-hybridized carbons (Fsp3) is 0.188. The number of benzene rings is 1. The molecule has 0 saturated carbocycles. The first-order valence-corrected chi connectivity index (χ1v) is 6.72. The minimum Gasteiger partial charge on any atom is -0.382 e. The molecule has 2 aromatic heterocycles.